The summed E-state index contributed by atoms with van der Waals surface area (Å²) in [4.78, 5) is 21.8. The van der Waals surface area contributed by atoms with Gasteiger partial charge in [-0.3, -0.25) is 4.79 Å². The molecule has 0 aliphatic carbocycles. The molecule has 134 valence electrons. The third kappa shape index (κ3) is 4.15. The van der Waals surface area contributed by atoms with Gasteiger partial charge in [0.25, 0.3) is 0 Å². The van der Waals surface area contributed by atoms with E-state index in [2.05, 4.69) is 22.0 Å². The minimum Gasteiger partial charge on any atom is -0.337 e. The van der Waals surface area contributed by atoms with E-state index in [1.54, 1.807) is 0 Å². The van der Waals surface area contributed by atoms with Crippen LogP contribution in [0.5, 0.6) is 0 Å². The smallest absolute Gasteiger partial charge is 0.249 e. The fourth-order valence-electron chi connectivity index (χ4n) is 4.03. The summed E-state index contributed by atoms with van der Waals surface area (Å²) in [6.07, 6.45) is 7.29. The molecule has 24 heavy (non-hydrogen) atoms. The topological polar surface area (TPSA) is 62.5 Å². The third-order valence-corrected chi connectivity index (χ3v) is 5.36. The third-order valence-electron chi connectivity index (χ3n) is 5.36. The minimum absolute atomic E-state index is 0.0207. The van der Waals surface area contributed by atoms with Crippen molar-refractivity contribution in [2.45, 2.75) is 64.8 Å². The quantitative estimate of drug-likeness (QED) is 0.828. The summed E-state index contributed by atoms with van der Waals surface area (Å²) in [6.45, 7) is 8.33. The van der Waals surface area contributed by atoms with E-state index in [4.69, 9.17) is 4.52 Å². The van der Waals surface area contributed by atoms with Gasteiger partial charge in [0, 0.05) is 13.0 Å². The van der Waals surface area contributed by atoms with Gasteiger partial charge < -0.3 is 14.3 Å². The van der Waals surface area contributed by atoms with E-state index in [0.29, 0.717) is 24.1 Å². The van der Waals surface area contributed by atoms with Crippen LogP contribution in [0, 0.1) is 12.8 Å². The molecule has 0 aromatic carbocycles. The van der Waals surface area contributed by atoms with Crippen LogP contribution >= 0.6 is 0 Å². The van der Waals surface area contributed by atoms with Crippen molar-refractivity contribution in [1.82, 2.24) is 19.9 Å². The van der Waals surface area contributed by atoms with E-state index < -0.39 is 0 Å². The molecule has 0 saturated carbocycles. The molecule has 6 nitrogen and oxygen atoms in total. The summed E-state index contributed by atoms with van der Waals surface area (Å²) >= 11 is 0. The van der Waals surface area contributed by atoms with Crippen molar-refractivity contribution in [2.75, 3.05) is 26.2 Å². The summed E-state index contributed by atoms with van der Waals surface area (Å²) in [5.74, 6) is 2.05. The highest BCUT2D eigenvalue weighted by molar-refractivity contribution is 5.77. The van der Waals surface area contributed by atoms with Gasteiger partial charge in [-0.25, -0.2) is 0 Å². The lowest BCUT2D eigenvalue weighted by Crippen LogP contribution is -2.41. The Morgan fingerprint density at radius 2 is 2.00 bits per heavy atom. The maximum atomic E-state index is 12.9. The van der Waals surface area contributed by atoms with Gasteiger partial charge >= 0.3 is 0 Å². The van der Waals surface area contributed by atoms with Gasteiger partial charge in [0.05, 0.1) is 0 Å². The Kier molecular flexibility index (Phi) is 5.87. The lowest BCUT2D eigenvalue weighted by Gasteiger charge is -2.36. The molecular formula is C18H30N4O2. The minimum atomic E-state index is -0.0207. The normalized spacial score (nSPS) is 23.6. The zero-order valence-corrected chi connectivity index (χ0v) is 15.0. The molecular weight excluding hydrogens is 304 g/mol. The lowest BCUT2D eigenvalue weighted by atomic mass is 9.91. The van der Waals surface area contributed by atoms with Crippen molar-refractivity contribution in [2.24, 2.45) is 5.92 Å². The maximum absolute atomic E-state index is 12.9. The van der Waals surface area contributed by atoms with Gasteiger partial charge in [0.2, 0.25) is 11.8 Å². The van der Waals surface area contributed by atoms with Crippen molar-refractivity contribution in [1.29, 1.82) is 0 Å². The van der Waals surface area contributed by atoms with E-state index in [-0.39, 0.29) is 11.9 Å². The van der Waals surface area contributed by atoms with Gasteiger partial charge in [-0.05, 0) is 71.0 Å². The SMILES string of the molecule is CCCN1CCC(CC(=O)N2CCCCC2c2nc(C)no2)CC1. The predicted molar refractivity (Wildman–Crippen MR) is 91.4 cm³/mol. The lowest BCUT2D eigenvalue weighted by molar-refractivity contribution is -0.137. The Hall–Kier alpha value is -1.43. The van der Waals surface area contributed by atoms with Crippen LogP contribution in [0.3, 0.4) is 0 Å². The van der Waals surface area contributed by atoms with Gasteiger partial charge in [-0.1, -0.05) is 12.1 Å². The highest BCUT2D eigenvalue weighted by Gasteiger charge is 2.33. The number of amides is 1. The van der Waals surface area contributed by atoms with Crippen LogP contribution in [0.1, 0.15) is 69.6 Å². The summed E-state index contributed by atoms with van der Waals surface area (Å²) in [5.41, 5.74) is 0. The molecule has 0 bridgehead atoms. The van der Waals surface area contributed by atoms with Crippen molar-refractivity contribution in [3.63, 3.8) is 0 Å². The second-order valence-corrected chi connectivity index (χ2v) is 7.27. The standard InChI is InChI=1S/C18H30N4O2/c1-3-9-21-11-7-15(8-12-21)13-17(23)22-10-5-4-6-16(22)18-19-14(2)20-24-18/h15-16H,3-13H2,1-2H3. The van der Waals surface area contributed by atoms with Gasteiger partial charge in [-0.15, -0.1) is 0 Å². The van der Waals surface area contributed by atoms with Crippen molar-refractivity contribution < 1.29 is 9.32 Å². The molecule has 1 amide bonds. The maximum Gasteiger partial charge on any atom is 0.249 e. The first-order valence-corrected chi connectivity index (χ1v) is 9.49. The number of piperidine rings is 2. The first-order chi connectivity index (χ1) is 11.7. The molecule has 1 atom stereocenters. The van der Waals surface area contributed by atoms with Crippen LogP contribution in [0.25, 0.3) is 0 Å². The van der Waals surface area contributed by atoms with Gasteiger partial charge in [0.15, 0.2) is 5.82 Å². The zero-order chi connectivity index (χ0) is 16.9. The summed E-state index contributed by atoms with van der Waals surface area (Å²) in [5, 5.41) is 3.90. The molecule has 1 aromatic rings. The Labute approximate surface area is 144 Å². The molecule has 1 aromatic heterocycles. The van der Waals surface area contributed by atoms with E-state index in [1.807, 2.05) is 11.8 Å². The molecule has 0 radical (unpaired) electrons. The van der Waals surface area contributed by atoms with Crippen LogP contribution in [-0.4, -0.2) is 52.0 Å². The molecule has 0 N–H and O–H groups in total. The number of rotatable bonds is 5. The van der Waals surface area contributed by atoms with Crippen LogP contribution in [0.15, 0.2) is 4.52 Å². The molecule has 3 rings (SSSR count). The highest BCUT2D eigenvalue weighted by atomic mass is 16.5. The Morgan fingerprint density at radius 3 is 2.67 bits per heavy atom. The molecule has 2 aliphatic heterocycles. The number of hydrogen-bond donors (Lipinski definition) is 0. The number of carbonyl (C=O) groups excluding carboxylic acids is 1. The second-order valence-electron chi connectivity index (χ2n) is 7.27. The highest BCUT2D eigenvalue weighted by Crippen LogP contribution is 2.32. The van der Waals surface area contributed by atoms with Crippen LogP contribution in [0.2, 0.25) is 0 Å². The number of hydrogen-bond acceptors (Lipinski definition) is 5. The Balaban J connectivity index is 1.57. The molecule has 6 heteroatoms. The fourth-order valence-corrected chi connectivity index (χ4v) is 4.03. The van der Waals surface area contributed by atoms with E-state index in [0.717, 1.165) is 51.7 Å². The summed E-state index contributed by atoms with van der Waals surface area (Å²) < 4.78 is 5.35. The molecule has 3 heterocycles. The van der Waals surface area contributed by atoms with Crippen molar-refractivity contribution >= 4 is 5.91 Å². The predicted octanol–water partition coefficient (Wildman–Crippen LogP) is 2.94. The monoisotopic (exact) mass is 334 g/mol. The Bertz CT molecular complexity index is 537. The van der Waals surface area contributed by atoms with E-state index in [9.17, 15) is 4.79 Å². The number of aromatic nitrogens is 2. The first kappa shape index (κ1) is 17.4. The van der Waals surface area contributed by atoms with E-state index in [1.165, 1.54) is 13.0 Å². The van der Waals surface area contributed by atoms with Crippen LogP contribution < -0.4 is 0 Å². The largest absolute Gasteiger partial charge is 0.337 e. The fraction of sp³-hybridized carbons (Fsp3) is 0.833. The number of carbonyl (C=O) groups is 1. The van der Waals surface area contributed by atoms with E-state index >= 15 is 0 Å². The summed E-state index contributed by atoms with van der Waals surface area (Å²) in [7, 11) is 0. The van der Waals surface area contributed by atoms with Gasteiger partial charge in [-0.2, -0.15) is 4.98 Å². The van der Waals surface area contributed by atoms with Crippen LogP contribution in [-0.2, 0) is 4.79 Å². The van der Waals surface area contributed by atoms with Crippen molar-refractivity contribution in [3.05, 3.63) is 11.7 Å². The molecule has 2 saturated heterocycles. The first-order valence-electron chi connectivity index (χ1n) is 9.49. The summed E-state index contributed by atoms with van der Waals surface area (Å²) in [6, 6.07) is -0.0207. The number of nitrogens with zero attached hydrogens (tertiary/aromatic N) is 4. The molecule has 0 spiro atoms. The average molecular weight is 334 g/mol. The average Bonchev–Trinajstić information content (AvgIpc) is 3.03. The number of aryl methyl sites for hydroxylation is 1. The molecule has 2 fully saturated rings. The number of likely N-dealkylation sites (tertiary alicyclic amines) is 2. The molecule has 1 unspecified atom stereocenters. The second kappa shape index (κ2) is 8.10. The Morgan fingerprint density at radius 1 is 1.21 bits per heavy atom. The van der Waals surface area contributed by atoms with Gasteiger partial charge in [0.1, 0.15) is 6.04 Å². The molecule has 2 aliphatic rings. The van der Waals surface area contributed by atoms with Crippen molar-refractivity contribution in [3.8, 4) is 0 Å². The van der Waals surface area contributed by atoms with Crippen LogP contribution in [0.4, 0.5) is 0 Å². The zero-order valence-electron chi connectivity index (χ0n) is 15.0.